The summed E-state index contributed by atoms with van der Waals surface area (Å²) in [7, 11) is 5.94. The molecule has 32 heavy (non-hydrogen) atoms. The topological polar surface area (TPSA) is 102 Å². The molecule has 0 saturated heterocycles. The summed E-state index contributed by atoms with van der Waals surface area (Å²) >= 11 is 0.613. The molecule has 3 rings (SSSR count). The fourth-order valence-electron chi connectivity index (χ4n) is 2.99. The second-order valence-electron chi connectivity index (χ2n) is 7.39. The Labute approximate surface area is 206 Å². The van der Waals surface area contributed by atoms with Crippen molar-refractivity contribution in [3.05, 3.63) is 54.1 Å². The number of aromatic nitrogens is 3. The Balaban J connectivity index is 1.69. The second-order valence-corrected chi connectivity index (χ2v) is 11.6. The fourth-order valence-corrected chi connectivity index (χ4v) is 3.60. The van der Waals surface area contributed by atoms with E-state index in [0.717, 1.165) is 43.1 Å². The van der Waals surface area contributed by atoms with Crippen molar-refractivity contribution in [1.29, 1.82) is 0 Å². The van der Waals surface area contributed by atoms with Crippen LogP contribution >= 0.6 is 0 Å². The third-order valence-corrected chi connectivity index (χ3v) is 5.99. The van der Waals surface area contributed by atoms with Crippen molar-refractivity contribution in [2.75, 3.05) is 67.4 Å². The molecule has 0 spiro atoms. The van der Waals surface area contributed by atoms with Gasteiger partial charge in [0.25, 0.3) is 0 Å². The molecule has 0 amide bonds. The summed E-state index contributed by atoms with van der Waals surface area (Å²) in [6, 6.07) is 16.4. The van der Waals surface area contributed by atoms with Crippen LogP contribution in [0, 0.1) is 0 Å². The van der Waals surface area contributed by atoms with E-state index in [0.29, 0.717) is 44.3 Å². The van der Waals surface area contributed by atoms with Crippen LogP contribution in [-0.4, -0.2) is 58.4 Å². The van der Waals surface area contributed by atoms with Crippen LogP contribution in [0.2, 0.25) is 0 Å². The minimum atomic E-state index is 0.500. The molecule has 0 unspecified atom stereocenters. The van der Waals surface area contributed by atoms with Gasteiger partial charge in [0.05, 0.1) is 0 Å². The Hall–Kier alpha value is -2.65. The van der Waals surface area contributed by atoms with E-state index in [1.165, 1.54) is 5.56 Å². The molecule has 2 aromatic carbocycles. The molecular weight excluding hydrogens is 591 g/mol. The summed E-state index contributed by atoms with van der Waals surface area (Å²) in [6.07, 6.45) is 0.874. The van der Waals surface area contributed by atoms with Gasteiger partial charge in [-0.15, -0.1) is 0 Å². The van der Waals surface area contributed by atoms with Crippen LogP contribution in [0.15, 0.2) is 48.5 Å². The first-order valence-corrected chi connectivity index (χ1v) is 13.1. The van der Waals surface area contributed by atoms with Crippen molar-refractivity contribution in [2.45, 2.75) is 6.42 Å². The summed E-state index contributed by atoms with van der Waals surface area (Å²) in [4.78, 5) is 13.7. The van der Waals surface area contributed by atoms with Gasteiger partial charge in [0.1, 0.15) is 0 Å². The number of hydrogen-bond acceptors (Lipinski definition) is 9. The molecule has 3 aromatic rings. The van der Waals surface area contributed by atoms with Gasteiger partial charge in [0.2, 0.25) is 0 Å². The third kappa shape index (κ3) is 7.79. The average Bonchev–Trinajstić information content (AvgIpc) is 2.79. The van der Waals surface area contributed by atoms with Gasteiger partial charge in [-0.2, -0.15) is 0 Å². The van der Waals surface area contributed by atoms with E-state index in [-0.39, 0.29) is 0 Å². The molecule has 0 fully saturated rings. The van der Waals surface area contributed by atoms with E-state index in [4.69, 9.17) is 0 Å². The van der Waals surface area contributed by atoms with Crippen LogP contribution in [0.3, 0.4) is 0 Å². The molecule has 0 saturated carbocycles. The zero-order valence-electron chi connectivity index (χ0n) is 18.9. The summed E-state index contributed by atoms with van der Waals surface area (Å²) < 4.78 is 2.30. The van der Waals surface area contributed by atoms with Crippen LogP contribution < -0.4 is 26.6 Å². The Morgan fingerprint density at radius 1 is 0.781 bits per heavy atom. The van der Waals surface area contributed by atoms with Gasteiger partial charge in [0, 0.05) is 19.8 Å². The predicted octanol–water partition coefficient (Wildman–Crippen LogP) is 3.16. The summed E-state index contributed by atoms with van der Waals surface area (Å²) in [5.74, 6) is 1.60. The molecule has 0 aliphatic heterocycles. The van der Waals surface area contributed by atoms with E-state index >= 15 is 0 Å². The number of benzene rings is 2. The maximum absolute atomic E-state index is 4.57. The molecule has 1 aromatic heterocycles. The minimum Gasteiger partial charge on any atom is -0.0387 e. The van der Waals surface area contributed by atoms with Gasteiger partial charge in [-0.25, -0.2) is 0 Å². The monoisotopic (exact) mass is 622 g/mol. The molecule has 0 bridgehead atoms. The number of anilines is 6. The fraction of sp³-hybridized carbons (Fsp3) is 0.318. The summed E-state index contributed by atoms with van der Waals surface area (Å²) in [5.41, 5.74) is 4.28. The van der Waals surface area contributed by atoms with Crippen LogP contribution in [0.4, 0.5) is 34.9 Å². The number of rotatable bonds is 12. The molecule has 10 heteroatoms. The van der Waals surface area contributed by atoms with Gasteiger partial charge >= 0.3 is 170 Å². The van der Waals surface area contributed by atoms with Crippen LogP contribution in [-0.2, 0) is 32.8 Å². The molecule has 9 nitrogen and oxygen atoms in total. The van der Waals surface area contributed by atoms with Gasteiger partial charge in [-0.3, -0.25) is 0 Å². The molecule has 0 atom stereocenters. The normalized spacial score (nSPS) is 10.7. The third-order valence-electron chi connectivity index (χ3n) is 4.76. The Morgan fingerprint density at radius 2 is 1.41 bits per heavy atom. The van der Waals surface area contributed by atoms with Gasteiger partial charge in [-0.1, -0.05) is 0 Å². The van der Waals surface area contributed by atoms with E-state index in [1.54, 1.807) is 0 Å². The van der Waals surface area contributed by atoms with Crippen LogP contribution in [0.25, 0.3) is 0 Å². The van der Waals surface area contributed by atoms with E-state index < -0.39 is 0 Å². The van der Waals surface area contributed by atoms with Crippen molar-refractivity contribution in [3.8, 4) is 0 Å². The van der Waals surface area contributed by atoms with E-state index in [2.05, 4.69) is 75.5 Å². The zero-order valence-corrected chi connectivity index (χ0v) is 24.4. The Morgan fingerprint density at radius 3 is 2.06 bits per heavy atom. The maximum atomic E-state index is 4.57. The Bertz CT molecular complexity index is 979. The molecule has 5 N–H and O–H groups in total. The molecule has 165 valence electrons. The van der Waals surface area contributed by atoms with Crippen molar-refractivity contribution in [2.24, 2.45) is 0 Å². The van der Waals surface area contributed by atoms with Gasteiger partial charge < -0.3 is 5.32 Å². The first-order valence-electron chi connectivity index (χ1n) is 10.6. The Kier molecular flexibility index (Phi) is 9.30. The SMILES string of the molecule is CNc1ccc(CCNc2nc(NCC[N](C)[Hg])nc(Nc3cccc(NC)c3)n2)cc1. The number of nitrogens with one attached hydrogen (secondary N) is 5. The molecule has 1 heterocycles. The van der Waals surface area contributed by atoms with Gasteiger partial charge in [0.15, 0.2) is 0 Å². The molecule has 0 aliphatic carbocycles. The molecule has 0 aliphatic rings. The quantitative estimate of drug-likeness (QED) is 0.196. The predicted molar refractivity (Wildman–Crippen MR) is 128 cm³/mol. The number of hydrogen-bond donors (Lipinski definition) is 5. The standard InChI is InChI=1S/C22H30N9.Hg/c1-23-13-14-27-21-29-20(26-12-11-16-7-9-17(24-2)10-8-16)30-22(31-21)28-19-6-4-5-18(15-19)25-3;/h4-10,15,24-25H,11-14H2,1-3H3,(H3,26,27,28,29,30,31);/q-1;+1. The molecule has 0 radical (unpaired) electrons. The van der Waals surface area contributed by atoms with Crippen LogP contribution in [0.5, 0.6) is 0 Å². The smallest absolute Gasteiger partial charge is 0.0387 e. The first-order chi connectivity index (χ1) is 15.6. The van der Waals surface area contributed by atoms with E-state index in [1.807, 2.05) is 38.4 Å². The average molecular weight is 621 g/mol. The van der Waals surface area contributed by atoms with Crippen LogP contribution in [0.1, 0.15) is 5.56 Å². The van der Waals surface area contributed by atoms with Crippen molar-refractivity contribution >= 4 is 34.9 Å². The van der Waals surface area contributed by atoms with Crippen molar-refractivity contribution in [1.82, 2.24) is 17.6 Å². The van der Waals surface area contributed by atoms with E-state index in [9.17, 15) is 0 Å². The number of likely N-dealkylation sites (N-methyl/N-ethyl adjacent to an activating group) is 1. The zero-order chi connectivity index (χ0) is 22.8. The van der Waals surface area contributed by atoms with Gasteiger partial charge in [-0.05, 0) is 12.1 Å². The summed E-state index contributed by atoms with van der Waals surface area (Å²) in [6.45, 7) is 2.48. The minimum absolute atomic E-state index is 0.500. The molecular formula is C22H30HgN9. The first kappa shape index (κ1) is 24.0. The summed E-state index contributed by atoms with van der Waals surface area (Å²) in [5, 5.41) is 16.2. The number of nitrogens with zero attached hydrogens (tertiary/aromatic N) is 4. The second kappa shape index (κ2) is 12.4. The van der Waals surface area contributed by atoms with Crippen molar-refractivity contribution in [3.63, 3.8) is 0 Å². The van der Waals surface area contributed by atoms with Crippen molar-refractivity contribution < 1.29 is 26.4 Å².